The number of para-hydroxylation sites is 1. The summed E-state index contributed by atoms with van der Waals surface area (Å²) in [6.07, 6.45) is 0.499. The standard InChI is InChI=1S/C13H21N3O/c1-3-10(2)12(17)9-15-13(14)16-11-7-5-4-6-8-11/h4-8,10,12,17H,3,9H2,1-2H3,(H3,14,15,16). The van der Waals surface area contributed by atoms with Gasteiger partial charge in [0.25, 0.3) is 0 Å². The van der Waals surface area contributed by atoms with Crippen molar-refractivity contribution in [1.29, 1.82) is 0 Å². The highest BCUT2D eigenvalue weighted by molar-refractivity contribution is 5.92. The van der Waals surface area contributed by atoms with Crippen LogP contribution in [0.15, 0.2) is 35.3 Å². The topological polar surface area (TPSA) is 70.6 Å². The maximum Gasteiger partial charge on any atom is 0.193 e. The van der Waals surface area contributed by atoms with Gasteiger partial charge < -0.3 is 16.2 Å². The number of benzene rings is 1. The first-order valence-corrected chi connectivity index (χ1v) is 5.93. The number of rotatable bonds is 5. The molecule has 0 saturated heterocycles. The predicted octanol–water partition coefficient (Wildman–Crippen LogP) is 1.82. The summed E-state index contributed by atoms with van der Waals surface area (Å²) >= 11 is 0. The highest BCUT2D eigenvalue weighted by Gasteiger charge is 2.11. The Hall–Kier alpha value is -1.55. The average molecular weight is 235 g/mol. The quantitative estimate of drug-likeness (QED) is 0.538. The van der Waals surface area contributed by atoms with Crippen molar-refractivity contribution in [2.45, 2.75) is 26.4 Å². The molecule has 0 heterocycles. The van der Waals surface area contributed by atoms with Gasteiger partial charge in [0.2, 0.25) is 0 Å². The molecule has 0 fully saturated rings. The average Bonchev–Trinajstić information content (AvgIpc) is 2.36. The molecule has 4 N–H and O–H groups in total. The molecule has 17 heavy (non-hydrogen) atoms. The van der Waals surface area contributed by atoms with Crippen molar-refractivity contribution in [3.05, 3.63) is 30.3 Å². The van der Waals surface area contributed by atoms with Crippen molar-refractivity contribution in [3.8, 4) is 0 Å². The monoisotopic (exact) mass is 235 g/mol. The third-order valence-corrected chi connectivity index (χ3v) is 2.80. The van der Waals surface area contributed by atoms with Gasteiger partial charge in [0.05, 0.1) is 12.6 Å². The minimum absolute atomic E-state index is 0.239. The summed E-state index contributed by atoms with van der Waals surface area (Å²) in [6.45, 7) is 4.38. The van der Waals surface area contributed by atoms with E-state index in [2.05, 4.69) is 10.3 Å². The van der Waals surface area contributed by atoms with Crippen LogP contribution in [0, 0.1) is 5.92 Å². The summed E-state index contributed by atoms with van der Waals surface area (Å²) in [5.41, 5.74) is 6.62. The molecule has 1 aromatic rings. The van der Waals surface area contributed by atoms with Gasteiger partial charge in [-0.1, -0.05) is 38.5 Å². The number of aliphatic hydroxyl groups is 1. The Morgan fingerprint density at radius 3 is 2.65 bits per heavy atom. The van der Waals surface area contributed by atoms with Crippen LogP contribution >= 0.6 is 0 Å². The zero-order valence-corrected chi connectivity index (χ0v) is 10.4. The van der Waals surface area contributed by atoms with Crippen LogP contribution < -0.4 is 11.1 Å². The third kappa shape index (κ3) is 4.87. The van der Waals surface area contributed by atoms with Gasteiger partial charge in [-0.15, -0.1) is 0 Å². The second-order valence-electron chi connectivity index (χ2n) is 4.17. The molecule has 0 spiro atoms. The second kappa shape index (κ2) is 6.91. The van der Waals surface area contributed by atoms with Gasteiger partial charge in [-0.3, -0.25) is 4.99 Å². The van der Waals surface area contributed by atoms with E-state index < -0.39 is 6.10 Å². The maximum atomic E-state index is 9.74. The Morgan fingerprint density at radius 1 is 1.41 bits per heavy atom. The molecule has 2 unspecified atom stereocenters. The predicted molar refractivity (Wildman–Crippen MR) is 72.0 cm³/mol. The molecule has 0 aliphatic carbocycles. The normalized spacial score (nSPS) is 15.4. The van der Waals surface area contributed by atoms with Crippen LogP contribution in [0.2, 0.25) is 0 Å². The summed E-state index contributed by atoms with van der Waals surface area (Å²) in [5, 5.41) is 12.7. The van der Waals surface area contributed by atoms with E-state index in [1.807, 2.05) is 44.2 Å². The van der Waals surface area contributed by atoms with Gasteiger partial charge in [-0.05, 0) is 18.1 Å². The number of hydrogen-bond donors (Lipinski definition) is 3. The third-order valence-electron chi connectivity index (χ3n) is 2.80. The summed E-state index contributed by atoms with van der Waals surface area (Å²) in [6, 6.07) is 9.60. The highest BCUT2D eigenvalue weighted by Crippen LogP contribution is 2.08. The van der Waals surface area contributed by atoms with E-state index in [0.717, 1.165) is 12.1 Å². The molecule has 0 aliphatic heterocycles. The fourth-order valence-corrected chi connectivity index (χ4v) is 1.35. The Bertz CT molecular complexity index is 351. The molecule has 0 radical (unpaired) electrons. The van der Waals surface area contributed by atoms with Crippen molar-refractivity contribution >= 4 is 11.6 Å². The summed E-state index contributed by atoms with van der Waals surface area (Å²) < 4.78 is 0. The van der Waals surface area contributed by atoms with E-state index in [4.69, 9.17) is 5.73 Å². The smallest absolute Gasteiger partial charge is 0.193 e. The molecule has 2 atom stereocenters. The van der Waals surface area contributed by atoms with E-state index in [1.165, 1.54) is 0 Å². The fourth-order valence-electron chi connectivity index (χ4n) is 1.35. The van der Waals surface area contributed by atoms with Gasteiger partial charge in [0.15, 0.2) is 5.96 Å². The Morgan fingerprint density at radius 2 is 2.06 bits per heavy atom. The number of nitrogens with two attached hydrogens (primary N) is 1. The zero-order valence-electron chi connectivity index (χ0n) is 10.4. The Kier molecular flexibility index (Phi) is 5.49. The van der Waals surface area contributed by atoms with Crippen LogP contribution in [0.3, 0.4) is 0 Å². The van der Waals surface area contributed by atoms with Crippen LogP contribution in [0.4, 0.5) is 5.69 Å². The first kappa shape index (κ1) is 13.5. The van der Waals surface area contributed by atoms with Crippen LogP contribution in [0.1, 0.15) is 20.3 Å². The molecule has 1 aromatic carbocycles. The Balaban J connectivity index is 2.45. The van der Waals surface area contributed by atoms with Crippen molar-refractivity contribution in [1.82, 2.24) is 0 Å². The van der Waals surface area contributed by atoms with E-state index >= 15 is 0 Å². The number of anilines is 1. The van der Waals surface area contributed by atoms with Crippen LogP contribution in [-0.2, 0) is 0 Å². The van der Waals surface area contributed by atoms with Gasteiger partial charge in [-0.25, -0.2) is 0 Å². The van der Waals surface area contributed by atoms with Gasteiger partial charge in [0, 0.05) is 5.69 Å². The Labute approximate surface area is 103 Å². The molecule has 0 amide bonds. The molecular weight excluding hydrogens is 214 g/mol. The minimum atomic E-state index is -0.434. The number of hydrogen-bond acceptors (Lipinski definition) is 2. The number of aliphatic hydroxyl groups excluding tert-OH is 1. The van der Waals surface area contributed by atoms with Crippen molar-refractivity contribution in [2.24, 2.45) is 16.6 Å². The second-order valence-corrected chi connectivity index (χ2v) is 4.17. The molecule has 94 valence electrons. The number of nitrogens with zero attached hydrogens (tertiary/aromatic N) is 1. The zero-order chi connectivity index (χ0) is 12.7. The molecule has 0 aliphatic rings. The van der Waals surface area contributed by atoms with Crippen LogP contribution in [0.5, 0.6) is 0 Å². The van der Waals surface area contributed by atoms with Gasteiger partial charge in [-0.2, -0.15) is 0 Å². The molecule has 4 nitrogen and oxygen atoms in total. The van der Waals surface area contributed by atoms with E-state index in [-0.39, 0.29) is 5.92 Å². The van der Waals surface area contributed by atoms with E-state index in [9.17, 15) is 5.11 Å². The van der Waals surface area contributed by atoms with Gasteiger partial charge in [0.1, 0.15) is 0 Å². The largest absolute Gasteiger partial charge is 0.391 e. The summed E-state index contributed by atoms with van der Waals surface area (Å²) in [7, 11) is 0. The number of aliphatic imine (C=N–C) groups is 1. The fraction of sp³-hybridized carbons (Fsp3) is 0.462. The summed E-state index contributed by atoms with van der Waals surface area (Å²) in [4.78, 5) is 4.12. The number of guanidine groups is 1. The molecule has 0 aromatic heterocycles. The van der Waals surface area contributed by atoms with Crippen molar-refractivity contribution in [3.63, 3.8) is 0 Å². The first-order valence-electron chi connectivity index (χ1n) is 5.93. The SMILES string of the molecule is CCC(C)C(O)CN=C(N)Nc1ccccc1. The minimum Gasteiger partial charge on any atom is -0.391 e. The molecule has 0 saturated carbocycles. The van der Waals surface area contributed by atoms with Crippen molar-refractivity contribution < 1.29 is 5.11 Å². The van der Waals surface area contributed by atoms with Crippen LogP contribution in [-0.4, -0.2) is 23.7 Å². The molecule has 1 rings (SSSR count). The van der Waals surface area contributed by atoms with E-state index in [0.29, 0.717) is 12.5 Å². The molecule has 4 heteroatoms. The first-order chi connectivity index (χ1) is 8.13. The molecule has 0 bridgehead atoms. The number of nitrogens with one attached hydrogen (secondary N) is 1. The lowest BCUT2D eigenvalue weighted by Crippen LogP contribution is -2.27. The van der Waals surface area contributed by atoms with Gasteiger partial charge >= 0.3 is 0 Å². The lowest BCUT2D eigenvalue weighted by molar-refractivity contribution is 0.123. The van der Waals surface area contributed by atoms with Crippen LogP contribution in [0.25, 0.3) is 0 Å². The highest BCUT2D eigenvalue weighted by atomic mass is 16.3. The molecular formula is C13H21N3O. The maximum absolute atomic E-state index is 9.74. The summed E-state index contributed by atoms with van der Waals surface area (Å²) in [5.74, 6) is 0.571. The lowest BCUT2D eigenvalue weighted by atomic mass is 10.0. The van der Waals surface area contributed by atoms with Crippen molar-refractivity contribution in [2.75, 3.05) is 11.9 Å². The lowest BCUT2D eigenvalue weighted by Gasteiger charge is -2.15. The van der Waals surface area contributed by atoms with E-state index in [1.54, 1.807) is 0 Å².